The molecule has 3 aromatic rings. The van der Waals surface area contributed by atoms with Gasteiger partial charge in [0.25, 0.3) is 0 Å². The lowest BCUT2D eigenvalue weighted by molar-refractivity contribution is -0.131. The van der Waals surface area contributed by atoms with E-state index in [1.165, 1.54) is 0 Å². The average molecular weight is 476 g/mol. The summed E-state index contributed by atoms with van der Waals surface area (Å²) in [4.78, 5) is 30.1. The quantitative estimate of drug-likeness (QED) is 0.494. The number of benzene rings is 3. The molecule has 1 spiro atoms. The van der Waals surface area contributed by atoms with Gasteiger partial charge >= 0.3 is 6.03 Å². The van der Waals surface area contributed by atoms with Crippen LogP contribution in [0.4, 0.5) is 10.5 Å². The summed E-state index contributed by atoms with van der Waals surface area (Å²) in [5.74, 6) is -0.00527. The SMILES string of the molecule is CC(C(=O)N1CCC2(CCN(C(=O)Nc3cccc4ccccc34)CC2)C1)c1ccc(Cl)cc1. The Morgan fingerprint density at radius 3 is 2.26 bits per heavy atom. The number of hydrogen-bond donors (Lipinski definition) is 1. The maximum atomic E-state index is 13.2. The lowest BCUT2D eigenvalue weighted by Crippen LogP contribution is -2.46. The molecule has 2 saturated heterocycles. The van der Waals surface area contributed by atoms with E-state index in [-0.39, 0.29) is 23.3 Å². The van der Waals surface area contributed by atoms with Crippen molar-refractivity contribution in [1.82, 2.24) is 9.80 Å². The highest BCUT2D eigenvalue weighted by Gasteiger charge is 2.43. The summed E-state index contributed by atoms with van der Waals surface area (Å²) >= 11 is 6.00. The van der Waals surface area contributed by atoms with Crippen LogP contribution in [0.2, 0.25) is 5.02 Å². The van der Waals surface area contributed by atoms with E-state index < -0.39 is 0 Å². The monoisotopic (exact) mass is 475 g/mol. The van der Waals surface area contributed by atoms with Crippen LogP contribution in [0.3, 0.4) is 0 Å². The zero-order chi connectivity index (χ0) is 23.7. The van der Waals surface area contributed by atoms with Crippen molar-refractivity contribution in [1.29, 1.82) is 0 Å². The maximum absolute atomic E-state index is 13.2. The molecule has 0 radical (unpaired) electrons. The number of anilines is 1. The highest BCUT2D eigenvalue weighted by atomic mass is 35.5. The van der Waals surface area contributed by atoms with Gasteiger partial charge in [0.05, 0.1) is 11.6 Å². The molecule has 3 aromatic carbocycles. The first-order valence-corrected chi connectivity index (χ1v) is 12.4. The summed E-state index contributed by atoms with van der Waals surface area (Å²) in [5, 5.41) is 5.95. The van der Waals surface area contributed by atoms with E-state index in [9.17, 15) is 9.59 Å². The fourth-order valence-corrected chi connectivity index (χ4v) is 5.54. The third kappa shape index (κ3) is 4.49. The first-order valence-electron chi connectivity index (χ1n) is 12.0. The van der Waals surface area contributed by atoms with E-state index in [1.807, 2.05) is 71.3 Å². The van der Waals surface area contributed by atoms with Gasteiger partial charge in [-0.3, -0.25) is 4.79 Å². The lowest BCUT2D eigenvalue weighted by Gasteiger charge is -2.39. The molecule has 1 N–H and O–H groups in total. The van der Waals surface area contributed by atoms with Gasteiger partial charge in [-0.05, 0) is 60.7 Å². The smallest absolute Gasteiger partial charge is 0.321 e. The molecule has 2 fully saturated rings. The van der Waals surface area contributed by atoms with Crippen molar-refractivity contribution in [2.24, 2.45) is 5.41 Å². The Morgan fingerprint density at radius 1 is 0.882 bits per heavy atom. The Hall–Kier alpha value is -3.05. The molecule has 0 saturated carbocycles. The lowest BCUT2D eigenvalue weighted by atomic mass is 9.78. The molecule has 0 aliphatic carbocycles. The van der Waals surface area contributed by atoms with Gasteiger partial charge in [-0.1, -0.05) is 60.1 Å². The van der Waals surface area contributed by atoms with Gasteiger partial charge in [-0.2, -0.15) is 0 Å². The zero-order valence-corrected chi connectivity index (χ0v) is 20.2. The van der Waals surface area contributed by atoms with Crippen molar-refractivity contribution >= 4 is 40.0 Å². The normalized spacial score (nSPS) is 18.3. The van der Waals surface area contributed by atoms with Crippen LogP contribution >= 0.6 is 11.6 Å². The molecule has 34 heavy (non-hydrogen) atoms. The second-order valence-electron chi connectivity index (χ2n) is 9.73. The first-order chi connectivity index (χ1) is 16.4. The maximum Gasteiger partial charge on any atom is 0.321 e. The number of hydrogen-bond acceptors (Lipinski definition) is 2. The van der Waals surface area contributed by atoms with Crippen LogP contribution in [0.5, 0.6) is 0 Å². The topological polar surface area (TPSA) is 52.7 Å². The number of piperidine rings is 1. The van der Waals surface area contributed by atoms with Gasteiger partial charge < -0.3 is 15.1 Å². The Labute approximate surface area is 205 Å². The standard InChI is InChI=1S/C28H30ClN3O2/c1-20(21-9-11-23(29)12-10-21)26(33)32-18-15-28(19-32)13-16-31(17-14-28)27(34)30-25-8-4-6-22-5-2-3-7-24(22)25/h2-12,20H,13-19H2,1H3,(H,30,34). The minimum absolute atomic E-state index is 0.0477. The summed E-state index contributed by atoms with van der Waals surface area (Å²) in [5.41, 5.74) is 1.96. The number of likely N-dealkylation sites (tertiary alicyclic amines) is 2. The van der Waals surface area contributed by atoms with E-state index in [0.717, 1.165) is 54.4 Å². The molecule has 5 rings (SSSR count). The van der Waals surface area contributed by atoms with Crippen molar-refractivity contribution < 1.29 is 9.59 Å². The van der Waals surface area contributed by atoms with Crippen molar-refractivity contribution in [3.63, 3.8) is 0 Å². The van der Waals surface area contributed by atoms with Crippen LogP contribution < -0.4 is 5.32 Å². The average Bonchev–Trinajstić information content (AvgIpc) is 3.27. The molecule has 3 amide bonds. The number of halogens is 1. The summed E-state index contributed by atoms with van der Waals surface area (Å²) < 4.78 is 0. The Balaban J connectivity index is 1.18. The Morgan fingerprint density at radius 2 is 1.53 bits per heavy atom. The number of amides is 3. The predicted octanol–water partition coefficient (Wildman–Crippen LogP) is 6.14. The van der Waals surface area contributed by atoms with Crippen molar-refractivity contribution in [3.8, 4) is 0 Å². The molecule has 0 bridgehead atoms. The van der Waals surface area contributed by atoms with Crippen molar-refractivity contribution in [2.75, 3.05) is 31.5 Å². The number of urea groups is 1. The van der Waals surface area contributed by atoms with Crippen LogP contribution in [0.25, 0.3) is 10.8 Å². The second kappa shape index (κ2) is 9.30. The number of carbonyl (C=O) groups excluding carboxylic acids is 2. The minimum atomic E-state index is -0.182. The first kappa shape index (κ1) is 22.7. The minimum Gasteiger partial charge on any atom is -0.342 e. The van der Waals surface area contributed by atoms with Gasteiger partial charge in [0, 0.05) is 36.6 Å². The fourth-order valence-electron chi connectivity index (χ4n) is 5.41. The van der Waals surface area contributed by atoms with E-state index in [1.54, 1.807) is 0 Å². The molecule has 176 valence electrons. The molecule has 2 heterocycles. The molecular weight excluding hydrogens is 446 g/mol. The van der Waals surface area contributed by atoms with Gasteiger partial charge in [-0.15, -0.1) is 0 Å². The Kier molecular flexibility index (Phi) is 6.22. The van der Waals surface area contributed by atoms with Crippen LogP contribution in [0.1, 0.15) is 37.7 Å². The highest BCUT2D eigenvalue weighted by Crippen LogP contribution is 2.41. The zero-order valence-electron chi connectivity index (χ0n) is 19.5. The van der Waals surface area contributed by atoms with E-state index in [2.05, 4.69) is 17.4 Å². The molecule has 6 heteroatoms. The predicted molar refractivity (Wildman–Crippen MR) is 137 cm³/mol. The summed E-state index contributed by atoms with van der Waals surface area (Å²) in [7, 11) is 0. The van der Waals surface area contributed by atoms with Gasteiger partial charge in [-0.25, -0.2) is 4.79 Å². The molecule has 2 aliphatic rings. The van der Waals surface area contributed by atoms with Gasteiger partial charge in [0.2, 0.25) is 5.91 Å². The molecule has 0 aromatic heterocycles. The van der Waals surface area contributed by atoms with Gasteiger partial charge in [0.15, 0.2) is 0 Å². The number of fused-ring (bicyclic) bond motifs is 1. The summed E-state index contributed by atoms with van der Waals surface area (Å²) in [6.07, 6.45) is 2.86. The molecule has 1 atom stereocenters. The number of nitrogens with zero attached hydrogens (tertiary/aromatic N) is 2. The van der Waals surface area contributed by atoms with Gasteiger partial charge in [0.1, 0.15) is 0 Å². The van der Waals surface area contributed by atoms with Crippen molar-refractivity contribution in [2.45, 2.75) is 32.1 Å². The van der Waals surface area contributed by atoms with Crippen LogP contribution in [-0.4, -0.2) is 47.9 Å². The number of carbonyl (C=O) groups is 2. The van der Waals surface area contributed by atoms with Crippen LogP contribution in [-0.2, 0) is 4.79 Å². The highest BCUT2D eigenvalue weighted by molar-refractivity contribution is 6.30. The molecule has 1 unspecified atom stereocenters. The second-order valence-corrected chi connectivity index (χ2v) is 10.2. The molecule has 2 aliphatic heterocycles. The van der Waals surface area contributed by atoms with Crippen LogP contribution in [0.15, 0.2) is 66.7 Å². The third-order valence-electron chi connectivity index (χ3n) is 7.63. The van der Waals surface area contributed by atoms with E-state index in [4.69, 9.17) is 11.6 Å². The summed E-state index contributed by atoms with van der Waals surface area (Å²) in [6, 6.07) is 21.6. The molecule has 5 nitrogen and oxygen atoms in total. The van der Waals surface area contributed by atoms with E-state index in [0.29, 0.717) is 18.1 Å². The van der Waals surface area contributed by atoms with Crippen molar-refractivity contribution in [3.05, 3.63) is 77.3 Å². The fraction of sp³-hybridized carbons (Fsp3) is 0.357. The van der Waals surface area contributed by atoms with E-state index >= 15 is 0 Å². The molecular formula is C28H30ClN3O2. The number of rotatable bonds is 3. The van der Waals surface area contributed by atoms with Crippen LogP contribution in [0, 0.1) is 5.41 Å². The number of nitrogens with one attached hydrogen (secondary N) is 1. The summed E-state index contributed by atoms with van der Waals surface area (Å²) in [6.45, 7) is 4.97. The third-order valence-corrected chi connectivity index (χ3v) is 7.88. The largest absolute Gasteiger partial charge is 0.342 e. The Bertz CT molecular complexity index is 1200.